The number of nitrogens with one attached hydrogen (secondary N) is 1. The molecular weight excluding hydrogens is 260 g/mol. The Kier molecular flexibility index (Phi) is 3.21. The van der Waals surface area contributed by atoms with E-state index < -0.39 is 4.92 Å². The largest absolute Gasteiger partial charge is 0.337 e. The molecule has 7 heteroatoms. The third-order valence-corrected chi connectivity index (χ3v) is 4.33. The molecule has 2 aliphatic rings. The summed E-state index contributed by atoms with van der Waals surface area (Å²) in [5.41, 5.74) is 0.406. The summed E-state index contributed by atoms with van der Waals surface area (Å²) in [5, 5.41) is 14.2. The first-order valence-electron chi connectivity index (χ1n) is 6.94. The standard InChI is InChI=1S/C13H18N4O3/c1-2-15-8-11(17(19)20)3-12(15)13(18)16-6-9-4-14-5-10(9)7-16/h3,8-10,14H,2,4-7H2,1H3. The molecule has 1 N–H and O–H groups in total. The summed E-state index contributed by atoms with van der Waals surface area (Å²) in [6.07, 6.45) is 1.44. The van der Waals surface area contributed by atoms with Crippen LogP contribution in [0.4, 0.5) is 5.69 Å². The summed E-state index contributed by atoms with van der Waals surface area (Å²) in [6.45, 7) is 5.85. The second kappa shape index (κ2) is 4.90. The Morgan fingerprint density at radius 2 is 2.10 bits per heavy atom. The van der Waals surface area contributed by atoms with E-state index in [-0.39, 0.29) is 11.6 Å². The molecular formula is C13H18N4O3. The summed E-state index contributed by atoms with van der Waals surface area (Å²) in [5.74, 6) is 0.965. The average molecular weight is 278 g/mol. The first-order valence-corrected chi connectivity index (χ1v) is 6.94. The number of rotatable bonds is 3. The van der Waals surface area contributed by atoms with Gasteiger partial charge in [0.1, 0.15) is 5.69 Å². The number of likely N-dealkylation sites (tertiary alicyclic amines) is 1. The summed E-state index contributed by atoms with van der Waals surface area (Å²) in [6, 6.07) is 1.39. The van der Waals surface area contributed by atoms with Gasteiger partial charge in [-0.05, 0) is 18.8 Å². The van der Waals surface area contributed by atoms with Crippen molar-refractivity contribution in [2.75, 3.05) is 26.2 Å². The highest BCUT2D eigenvalue weighted by Crippen LogP contribution is 2.28. The Morgan fingerprint density at radius 1 is 1.45 bits per heavy atom. The maximum Gasteiger partial charge on any atom is 0.287 e. The minimum atomic E-state index is -0.453. The van der Waals surface area contributed by atoms with Crippen molar-refractivity contribution in [3.63, 3.8) is 0 Å². The van der Waals surface area contributed by atoms with Crippen LogP contribution < -0.4 is 5.32 Å². The van der Waals surface area contributed by atoms with Crippen LogP contribution in [0.1, 0.15) is 17.4 Å². The summed E-state index contributed by atoms with van der Waals surface area (Å²) >= 11 is 0. The number of hydrogen-bond donors (Lipinski definition) is 1. The van der Waals surface area contributed by atoms with Gasteiger partial charge in [0.15, 0.2) is 0 Å². The van der Waals surface area contributed by atoms with Gasteiger partial charge in [0.05, 0.1) is 11.1 Å². The maximum absolute atomic E-state index is 12.6. The highest BCUT2D eigenvalue weighted by molar-refractivity contribution is 5.93. The zero-order chi connectivity index (χ0) is 14.3. The van der Waals surface area contributed by atoms with E-state index >= 15 is 0 Å². The molecule has 0 bridgehead atoms. The number of fused-ring (bicyclic) bond motifs is 1. The molecule has 2 saturated heterocycles. The molecule has 3 rings (SSSR count). The fraction of sp³-hybridized carbons (Fsp3) is 0.615. The molecule has 2 aliphatic heterocycles. The molecule has 7 nitrogen and oxygen atoms in total. The maximum atomic E-state index is 12.6. The average Bonchev–Trinajstić information content (AvgIpc) is 3.10. The smallest absolute Gasteiger partial charge is 0.287 e. The van der Waals surface area contributed by atoms with Gasteiger partial charge in [0.25, 0.3) is 11.6 Å². The fourth-order valence-electron chi connectivity index (χ4n) is 3.22. The monoisotopic (exact) mass is 278 g/mol. The molecule has 0 saturated carbocycles. The third kappa shape index (κ3) is 2.07. The number of nitro groups is 1. The number of hydrogen-bond acceptors (Lipinski definition) is 4. The Hall–Kier alpha value is -1.89. The van der Waals surface area contributed by atoms with Gasteiger partial charge >= 0.3 is 0 Å². The molecule has 0 radical (unpaired) electrons. The molecule has 1 aromatic rings. The van der Waals surface area contributed by atoms with Crippen molar-refractivity contribution in [3.05, 3.63) is 28.1 Å². The lowest BCUT2D eigenvalue weighted by molar-refractivity contribution is -0.384. The molecule has 108 valence electrons. The second-order valence-electron chi connectivity index (χ2n) is 5.52. The number of aromatic nitrogens is 1. The van der Waals surface area contributed by atoms with Gasteiger partial charge in [-0.15, -0.1) is 0 Å². The minimum Gasteiger partial charge on any atom is -0.337 e. The van der Waals surface area contributed by atoms with Gasteiger partial charge in [-0.25, -0.2) is 0 Å². The van der Waals surface area contributed by atoms with Crippen LogP contribution in [-0.2, 0) is 6.54 Å². The summed E-state index contributed by atoms with van der Waals surface area (Å²) < 4.78 is 1.66. The molecule has 3 heterocycles. The molecule has 0 aromatic carbocycles. The first-order chi connectivity index (χ1) is 9.60. The van der Waals surface area contributed by atoms with E-state index in [0.29, 0.717) is 24.1 Å². The van der Waals surface area contributed by atoms with Crippen molar-refractivity contribution in [1.29, 1.82) is 0 Å². The normalized spacial score (nSPS) is 24.9. The predicted molar refractivity (Wildman–Crippen MR) is 72.5 cm³/mol. The Balaban J connectivity index is 1.82. The fourth-order valence-corrected chi connectivity index (χ4v) is 3.22. The van der Waals surface area contributed by atoms with Gasteiger partial charge in [0.2, 0.25) is 0 Å². The van der Waals surface area contributed by atoms with E-state index in [1.165, 1.54) is 12.3 Å². The molecule has 0 spiro atoms. The molecule has 2 unspecified atom stereocenters. The molecule has 1 amide bonds. The SMILES string of the molecule is CCn1cc([N+](=O)[O-])cc1C(=O)N1CC2CNCC2C1. The lowest BCUT2D eigenvalue weighted by atomic mass is 10.0. The van der Waals surface area contributed by atoms with Crippen LogP contribution in [0, 0.1) is 22.0 Å². The lowest BCUT2D eigenvalue weighted by Gasteiger charge is -2.18. The quantitative estimate of drug-likeness (QED) is 0.652. The lowest BCUT2D eigenvalue weighted by Crippen LogP contribution is -2.33. The second-order valence-corrected chi connectivity index (χ2v) is 5.52. The van der Waals surface area contributed by atoms with Gasteiger partial charge in [0, 0.05) is 38.8 Å². The van der Waals surface area contributed by atoms with Crippen LogP contribution >= 0.6 is 0 Å². The van der Waals surface area contributed by atoms with Gasteiger partial charge in [-0.1, -0.05) is 0 Å². The Bertz CT molecular complexity index is 542. The first kappa shape index (κ1) is 13.1. The third-order valence-electron chi connectivity index (χ3n) is 4.33. The van der Waals surface area contributed by atoms with Crippen LogP contribution in [0.2, 0.25) is 0 Å². The number of amides is 1. The van der Waals surface area contributed by atoms with Crippen LogP contribution in [0.3, 0.4) is 0 Å². The van der Waals surface area contributed by atoms with Crippen molar-refractivity contribution in [2.24, 2.45) is 11.8 Å². The zero-order valence-corrected chi connectivity index (χ0v) is 11.4. The van der Waals surface area contributed by atoms with E-state index in [1.54, 1.807) is 4.57 Å². The summed E-state index contributed by atoms with van der Waals surface area (Å²) in [7, 11) is 0. The van der Waals surface area contributed by atoms with E-state index in [9.17, 15) is 14.9 Å². The van der Waals surface area contributed by atoms with Gasteiger partial charge in [-0.3, -0.25) is 14.9 Å². The topological polar surface area (TPSA) is 80.4 Å². The Morgan fingerprint density at radius 3 is 2.65 bits per heavy atom. The van der Waals surface area contributed by atoms with Crippen molar-refractivity contribution in [2.45, 2.75) is 13.5 Å². The highest BCUT2D eigenvalue weighted by atomic mass is 16.6. The van der Waals surface area contributed by atoms with Crippen molar-refractivity contribution < 1.29 is 9.72 Å². The number of carbonyl (C=O) groups is 1. The number of nitrogens with zero attached hydrogens (tertiary/aromatic N) is 3. The van der Waals surface area contributed by atoms with Gasteiger partial charge in [-0.2, -0.15) is 0 Å². The molecule has 20 heavy (non-hydrogen) atoms. The molecule has 1 aromatic heterocycles. The minimum absolute atomic E-state index is 0.0174. The van der Waals surface area contributed by atoms with E-state index in [2.05, 4.69) is 5.32 Å². The molecule has 0 aliphatic carbocycles. The van der Waals surface area contributed by atoms with Crippen LogP contribution in [0.25, 0.3) is 0 Å². The van der Waals surface area contributed by atoms with Crippen LogP contribution in [-0.4, -0.2) is 46.5 Å². The predicted octanol–water partition coefficient (Wildman–Crippen LogP) is 0.708. The van der Waals surface area contributed by atoms with Crippen molar-refractivity contribution in [3.8, 4) is 0 Å². The van der Waals surface area contributed by atoms with Gasteiger partial charge < -0.3 is 14.8 Å². The van der Waals surface area contributed by atoms with Crippen molar-refractivity contribution in [1.82, 2.24) is 14.8 Å². The zero-order valence-electron chi connectivity index (χ0n) is 11.4. The summed E-state index contributed by atoms with van der Waals surface area (Å²) in [4.78, 5) is 24.8. The number of aryl methyl sites for hydroxylation is 1. The molecule has 2 fully saturated rings. The van der Waals surface area contributed by atoms with Crippen LogP contribution in [0.15, 0.2) is 12.3 Å². The highest BCUT2D eigenvalue weighted by Gasteiger charge is 2.39. The van der Waals surface area contributed by atoms with Crippen LogP contribution in [0.5, 0.6) is 0 Å². The van der Waals surface area contributed by atoms with E-state index in [0.717, 1.165) is 26.2 Å². The Labute approximate surface area is 116 Å². The number of carbonyl (C=O) groups excluding carboxylic acids is 1. The van der Waals surface area contributed by atoms with Crippen molar-refractivity contribution >= 4 is 11.6 Å². The molecule has 2 atom stereocenters. The van der Waals surface area contributed by atoms with E-state index in [4.69, 9.17) is 0 Å². The van der Waals surface area contributed by atoms with E-state index in [1.807, 2.05) is 11.8 Å².